The molecule has 4 nitrogen and oxygen atoms in total. The van der Waals surface area contributed by atoms with Gasteiger partial charge in [-0.2, -0.15) is 0 Å². The maximum Gasteiger partial charge on any atom is 0.308 e. The third-order valence-corrected chi connectivity index (χ3v) is 1.97. The molecule has 14 heavy (non-hydrogen) atoms. The number of ether oxygens (including phenoxy) is 2. The highest BCUT2D eigenvalue weighted by Crippen LogP contribution is 2.36. The quantitative estimate of drug-likeness (QED) is 0.465. The van der Waals surface area contributed by atoms with Gasteiger partial charge in [-0.05, 0) is 12.1 Å². The van der Waals surface area contributed by atoms with Crippen molar-refractivity contribution >= 4 is 23.3 Å². The zero-order valence-corrected chi connectivity index (χ0v) is 8.59. The summed E-state index contributed by atoms with van der Waals surface area (Å²) in [6.07, 6.45) is 0. The second-order valence-electron chi connectivity index (χ2n) is 2.59. The summed E-state index contributed by atoms with van der Waals surface area (Å²) in [6, 6.07) is 3.11. The molecular weight excluding hydrogens is 206 g/mol. The number of anilines is 1. The summed E-state index contributed by atoms with van der Waals surface area (Å²) in [4.78, 5) is 10.7. The molecule has 1 rings (SSSR count). The van der Waals surface area contributed by atoms with Gasteiger partial charge < -0.3 is 15.2 Å². The van der Waals surface area contributed by atoms with Gasteiger partial charge in [-0.1, -0.05) is 11.6 Å². The summed E-state index contributed by atoms with van der Waals surface area (Å²) < 4.78 is 9.75. The monoisotopic (exact) mass is 215 g/mol. The lowest BCUT2D eigenvalue weighted by Gasteiger charge is -2.09. The summed E-state index contributed by atoms with van der Waals surface area (Å²) in [5.41, 5.74) is 5.81. The van der Waals surface area contributed by atoms with Crippen LogP contribution in [0, 0.1) is 0 Å². The minimum Gasteiger partial charge on any atom is -0.495 e. The zero-order chi connectivity index (χ0) is 10.7. The standard InChI is InChI=1S/C9H10ClNO3/c1-5(12)14-7-4-3-6(13-2)8(10)9(7)11/h3-4H,11H2,1-2H3. The molecular formula is C9H10ClNO3. The Hall–Kier alpha value is -1.42. The maximum absolute atomic E-state index is 10.7. The van der Waals surface area contributed by atoms with E-state index < -0.39 is 5.97 Å². The van der Waals surface area contributed by atoms with Gasteiger partial charge in [-0.25, -0.2) is 0 Å². The molecule has 76 valence electrons. The number of esters is 1. The van der Waals surface area contributed by atoms with Crippen LogP contribution in [0.3, 0.4) is 0 Å². The van der Waals surface area contributed by atoms with Gasteiger partial charge in [-0.15, -0.1) is 0 Å². The van der Waals surface area contributed by atoms with Crippen molar-refractivity contribution < 1.29 is 14.3 Å². The van der Waals surface area contributed by atoms with Gasteiger partial charge in [0.1, 0.15) is 10.8 Å². The summed E-state index contributed by atoms with van der Waals surface area (Å²) in [5.74, 6) is 0.237. The van der Waals surface area contributed by atoms with Crippen molar-refractivity contribution in [1.29, 1.82) is 0 Å². The van der Waals surface area contributed by atoms with Crippen LogP contribution in [0.4, 0.5) is 5.69 Å². The van der Waals surface area contributed by atoms with E-state index in [0.717, 1.165) is 0 Å². The Labute approximate surface area is 86.6 Å². The lowest BCUT2D eigenvalue weighted by Crippen LogP contribution is -2.04. The minimum atomic E-state index is -0.446. The van der Waals surface area contributed by atoms with Crippen LogP contribution in [0.1, 0.15) is 6.92 Å². The highest BCUT2D eigenvalue weighted by molar-refractivity contribution is 6.34. The van der Waals surface area contributed by atoms with E-state index in [1.165, 1.54) is 20.1 Å². The topological polar surface area (TPSA) is 61.5 Å². The first kappa shape index (κ1) is 10.7. The SMILES string of the molecule is COc1ccc(OC(C)=O)c(N)c1Cl. The van der Waals surface area contributed by atoms with Gasteiger partial charge in [0.05, 0.1) is 12.8 Å². The Kier molecular flexibility index (Phi) is 3.19. The number of hydrogen-bond acceptors (Lipinski definition) is 4. The fraction of sp³-hybridized carbons (Fsp3) is 0.222. The van der Waals surface area contributed by atoms with Crippen molar-refractivity contribution in [3.63, 3.8) is 0 Å². The fourth-order valence-corrected chi connectivity index (χ4v) is 1.19. The van der Waals surface area contributed by atoms with E-state index in [-0.39, 0.29) is 16.5 Å². The molecule has 2 N–H and O–H groups in total. The molecule has 0 aliphatic heterocycles. The average molecular weight is 216 g/mol. The van der Waals surface area contributed by atoms with Crippen molar-refractivity contribution in [3.05, 3.63) is 17.2 Å². The molecule has 0 aliphatic carbocycles. The molecule has 0 saturated heterocycles. The number of carbonyl (C=O) groups excluding carboxylic acids is 1. The van der Waals surface area contributed by atoms with E-state index in [4.69, 9.17) is 26.8 Å². The zero-order valence-electron chi connectivity index (χ0n) is 7.83. The smallest absolute Gasteiger partial charge is 0.308 e. The number of hydrogen-bond donors (Lipinski definition) is 1. The molecule has 0 radical (unpaired) electrons. The Bertz CT molecular complexity index is 365. The fourth-order valence-electron chi connectivity index (χ4n) is 0.957. The Morgan fingerprint density at radius 3 is 2.50 bits per heavy atom. The van der Waals surface area contributed by atoms with Gasteiger partial charge >= 0.3 is 5.97 Å². The summed E-state index contributed by atoms with van der Waals surface area (Å²) in [6.45, 7) is 1.29. The van der Waals surface area contributed by atoms with E-state index in [0.29, 0.717) is 5.75 Å². The largest absolute Gasteiger partial charge is 0.495 e. The van der Waals surface area contributed by atoms with E-state index in [9.17, 15) is 4.79 Å². The molecule has 0 unspecified atom stereocenters. The number of nitrogen functional groups attached to an aromatic ring is 1. The molecule has 0 aromatic heterocycles. The number of methoxy groups -OCH3 is 1. The molecule has 0 atom stereocenters. The summed E-state index contributed by atoms with van der Waals surface area (Å²) in [7, 11) is 1.48. The predicted octanol–water partition coefficient (Wildman–Crippen LogP) is 1.86. The van der Waals surface area contributed by atoms with Crippen LogP contribution in [0.5, 0.6) is 11.5 Å². The molecule has 1 aromatic carbocycles. The molecule has 0 saturated carbocycles. The Balaban J connectivity index is 3.10. The second-order valence-corrected chi connectivity index (χ2v) is 2.97. The number of benzene rings is 1. The number of carbonyl (C=O) groups is 1. The number of halogens is 1. The van der Waals surface area contributed by atoms with Crippen molar-refractivity contribution in [2.45, 2.75) is 6.92 Å². The maximum atomic E-state index is 10.7. The van der Waals surface area contributed by atoms with Crippen LogP contribution in [0.2, 0.25) is 5.02 Å². The van der Waals surface area contributed by atoms with Gasteiger partial charge in [0, 0.05) is 6.92 Å². The van der Waals surface area contributed by atoms with Crippen molar-refractivity contribution in [2.24, 2.45) is 0 Å². The van der Waals surface area contributed by atoms with Crippen LogP contribution < -0.4 is 15.2 Å². The van der Waals surface area contributed by atoms with Gasteiger partial charge in [-0.3, -0.25) is 4.79 Å². The molecule has 5 heteroatoms. The lowest BCUT2D eigenvalue weighted by atomic mass is 10.3. The third-order valence-electron chi connectivity index (χ3n) is 1.58. The van der Waals surface area contributed by atoms with Gasteiger partial charge in [0.2, 0.25) is 0 Å². The number of rotatable bonds is 2. The van der Waals surface area contributed by atoms with E-state index in [2.05, 4.69) is 0 Å². The second kappa shape index (κ2) is 4.19. The van der Waals surface area contributed by atoms with Crippen molar-refractivity contribution in [1.82, 2.24) is 0 Å². The predicted molar refractivity (Wildman–Crippen MR) is 53.7 cm³/mol. The lowest BCUT2D eigenvalue weighted by molar-refractivity contribution is -0.131. The molecule has 0 fully saturated rings. The molecule has 0 spiro atoms. The first-order chi connectivity index (χ1) is 6.56. The van der Waals surface area contributed by atoms with Crippen LogP contribution >= 0.6 is 11.6 Å². The minimum absolute atomic E-state index is 0.196. The Morgan fingerprint density at radius 2 is 2.00 bits per heavy atom. The van der Waals surface area contributed by atoms with E-state index in [1.54, 1.807) is 6.07 Å². The van der Waals surface area contributed by atoms with Crippen molar-refractivity contribution in [2.75, 3.05) is 12.8 Å². The molecule has 0 amide bonds. The summed E-state index contributed by atoms with van der Waals surface area (Å²) in [5, 5.41) is 0.242. The highest BCUT2D eigenvalue weighted by atomic mass is 35.5. The first-order valence-electron chi connectivity index (χ1n) is 3.86. The highest BCUT2D eigenvalue weighted by Gasteiger charge is 2.11. The van der Waals surface area contributed by atoms with Crippen LogP contribution in [0.25, 0.3) is 0 Å². The Morgan fingerprint density at radius 1 is 1.43 bits per heavy atom. The average Bonchev–Trinajstić information content (AvgIpc) is 2.13. The molecule has 1 aromatic rings. The van der Waals surface area contributed by atoms with E-state index >= 15 is 0 Å². The number of nitrogens with two attached hydrogens (primary N) is 1. The van der Waals surface area contributed by atoms with Crippen LogP contribution in [0.15, 0.2) is 12.1 Å². The van der Waals surface area contributed by atoms with Gasteiger partial charge in [0.25, 0.3) is 0 Å². The normalized spacial score (nSPS) is 9.64. The van der Waals surface area contributed by atoms with Gasteiger partial charge in [0.15, 0.2) is 5.75 Å². The molecule has 0 heterocycles. The van der Waals surface area contributed by atoms with Crippen molar-refractivity contribution in [3.8, 4) is 11.5 Å². The summed E-state index contributed by atoms with van der Waals surface area (Å²) >= 11 is 5.84. The molecule has 0 bridgehead atoms. The molecule has 0 aliphatic rings. The van der Waals surface area contributed by atoms with Crippen LogP contribution in [-0.4, -0.2) is 13.1 Å². The van der Waals surface area contributed by atoms with E-state index in [1.807, 2.05) is 0 Å². The van der Waals surface area contributed by atoms with Crippen LogP contribution in [-0.2, 0) is 4.79 Å². The first-order valence-corrected chi connectivity index (χ1v) is 4.24. The third kappa shape index (κ3) is 2.09.